The molecule has 1 aromatic heterocycles. The van der Waals surface area contributed by atoms with E-state index >= 15 is 0 Å². The molecule has 5 heteroatoms. The summed E-state index contributed by atoms with van der Waals surface area (Å²) < 4.78 is 14.7. The Morgan fingerprint density at radius 2 is 2.45 bits per heavy atom. The van der Waals surface area contributed by atoms with Crippen molar-refractivity contribution < 1.29 is 13.6 Å². The molecule has 11 heavy (non-hydrogen) atoms. The minimum absolute atomic E-state index is 0.112. The lowest BCUT2D eigenvalue weighted by molar-refractivity contribution is 0.0888. The van der Waals surface area contributed by atoms with Gasteiger partial charge in [-0.2, -0.15) is 0 Å². The van der Waals surface area contributed by atoms with Crippen LogP contribution in [0.2, 0.25) is 0 Å². The largest absolute Gasteiger partial charge is 0.461 e. The van der Waals surface area contributed by atoms with Crippen LogP contribution < -0.4 is 0 Å². The van der Waals surface area contributed by atoms with Crippen molar-refractivity contribution in [1.82, 2.24) is 0 Å². The highest BCUT2D eigenvalue weighted by Gasteiger charge is 2.35. The maximum Gasteiger partial charge on any atom is 0.303 e. The summed E-state index contributed by atoms with van der Waals surface area (Å²) in [4.78, 5) is 10.9. The first kappa shape index (κ1) is 8.74. The van der Waals surface area contributed by atoms with Gasteiger partial charge < -0.3 is 4.42 Å². The van der Waals surface area contributed by atoms with Crippen molar-refractivity contribution in [3.8, 4) is 0 Å². The predicted molar refractivity (Wildman–Crippen MR) is 41.7 cm³/mol. The first-order valence-corrected chi connectivity index (χ1v) is 3.84. The number of carbonyl (C=O) groups excluding carboxylic acids is 1. The van der Waals surface area contributed by atoms with Crippen LogP contribution in [-0.4, -0.2) is 9.82 Å². The van der Waals surface area contributed by atoms with Crippen LogP contribution in [0, 0.1) is 0 Å². The Labute approximate surface area is 75.5 Å². The molecule has 1 unspecified atom stereocenters. The van der Waals surface area contributed by atoms with Crippen molar-refractivity contribution in [2.75, 3.05) is 0 Å². The van der Waals surface area contributed by atoms with Crippen molar-refractivity contribution in [3.63, 3.8) is 0 Å². The van der Waals surface area contributed by atoms with Crippen LogP contribution in [0.15, 0.2) is 22.8 Å². The van der Waals surface area contributed by atoms with Crippen molar-refractivity contribution in [3.05, 3.63) is 24.2 Å². The Morgan fingerprint density at radius 3 is 2.82 bits per heavy atom. The number of alkyl halides is 3. The van der Waals surface area contributed by atoms with Gasteiger partial charge in [0, 0.05) is 0 Å². The van der Waals surface area contributed by atoms with Gasteiger partial charge in [0.15, 0.2) is 5.76 Å². The molecule has 0 spiro atoms. The van der Waals surface area contributed by atoms with Gasteiger partial charge >= 0.3 is 4.04 Å². The summed E-state index contributed by atoms with van der Waals surface area (Å²) in [5.74, 6) is -1.05. The summed E-state index contributed by atoms with van der Waals surface area (Å²) in [5, 5.41) is 0. The summed E-state index contributed by atoms with van der Waals surface area (Å²) in [6.07, 6.45) is 1.27. The van der Waals surface area contributed by atoms with E-state index in [0.29, 0.717) is 0 Å². The second-order valence-electron chi connectivity index (χ2n) is 1.80. The lowest BCUT2D eigenvalue weighted by Gasteiger charge is -2.03. The van der Waals surface area contributed by atoms with Crippen LogP contribution in [0.5, 0.6) is 0 Å². The van der Waals surface area contributed by atoms with Crippen LogP contribution in [-0.2, 0) is 0 Å². The number of halogens is 3. The lowest BCUT2D eigenvalue weighted by atomic mass is 10.3. The van der Waals surface area contributed by atoms with Crippen molar-refractivity contribution in [2.24, 2.45) is 0 Å². The standard InChI is InChI=1S/C6H3BrClFO2/c7-6(8,9)5(10)4-2-1-3-11-4/h1-3H. The van der Waals surface area contributed by atoms with E-state index in [1.54, 1.807) is 0 Å². The van der Waals surface area contributed by atoms with Crippen molar-refractivity contribution in [1.29, 1.82) is 0 Å². The van der Waals surface area contributed by atoms with Gasteiger partial charge in [0.05, 0.1) is 6.26 Å². The van der Waals surface area contributed by atoms with Crippen LogP contribution >= 0.6 is 27.5 Å². The molecule has 0 aliphatic heterocycles. The van der Waals surface area contributed by atoms with Crippen molar-refractivity contribution >= 4 is 33.3 Å². The number of Topliss-reactive ketones (excluding diaryl/α,β-unsaturated/α-hetero) is 1. The number of carbonyl (C=O) groups is 1. The Hall–Kier alpha value is -0.350. The van der Waals surface area contributed by atoms with Crippen LogP contribution in [0.1, 0.15) is 10.6 Å². The highest BCUT2D eigenvalue weighted by molar-refractivity contribution is 9.10. The maximum atomic E-state index is 12.6. The fourth-order valence-electron chi connectivity index (χ4n) is 0.547. The predicted octanol–water partition coefficient (Wildman–Crippen LogP) is 2.72. The summed E-state index contributed by atoms with van der Waals surface area (Å²) in [7, 11) is 0. The van der Waals surface area contributed by atoms with E-state index in [-0.39, 0.29) is 5.76 Å². The van der Waals surface area contributed by atoms with Gasteiger partial charge in [-0.15, -0.1) is 0 Å². The zero-order valence-corrected chi connectivity index (χ0v) is 7.52. The lowest BCUT2D eigenvalue weighted by Crippen LogP contribution is -2.18. The molecular weight excluding hydrogens is 238 g/mol. The second-order valence-corrected chi connectivity index (χ2v) is 3.87. The van der Waals surface area contributed by atoms with Gasteiger partial charge in [0.25, 0.3) is 5.78 Å². The first-order chi connectivity index (χ1) is 5.02. The quantitative estimate of drug-likeness (QED) is 0.589. The maximum absolute atomic E-state index is 12.6. The molecule has 0 amide bonds. The minimum atomic E-state index is -2.56. The normalized spacial score (nSPS) is 15.9. The number of ketones is 1. The molecular formula is C6H3BrClFO2. The van der Waals surface area contributed by atoms with Gasteiger partial charge in [-0.05, 0) is 28.1 Å². The van der Waals surface area contributed by atoms with E-state index in [4.69, 9.17) is 11.6 Å². The van der Waals surface area contributed by atoms with E-state index in [0.717, 1.165) is 0 Å². The molecule has 1 atom stereocenters. The average molecular weight is 241 g/mol. The van der Waals surface area contributed by atoms with Crippen LogP contribution in [0.25, 0.3) is 0 Å². The van der Waals surface area contributed by atoms with Crippen LogP contribution in [0.3, 0.4) is 0 Å². The van der Waals surface area contributed by atoms with E-state index in [1.807, 2.05) is 0 Å². The summed E-state index contributed by atoms with van der Waals surface area (Å²) >= 11 is 7.37. The molecule has 0 aliphatic rings. The topological polar surface area (TPSA) is 30.2 Å². The van der Waals surface area contributed by atoms with Crippen LogP contribution in [0.4, 0.5) is 4.39 Å². The summed E-state index contributed by atoms with van der Waals surface area (Å²) in [5.41, 5.74) is 0. The molecule has 0 N–H and O–H groups in total. The summed E-state index contributed by atoms with van der Waals surface area (Å²) in [6.45, 7) is 0. The molecule has 0 radical (unpaired) electrons. The van der Waals surface area contributed by atoms with E-state index in [9.17, 15) is 9.18 Å². The first-order valence-electron chi connectivity index (χ1n) is 2.67. The van der Waals surface area contributed by atoms with Gasteiger partial charge in [-0.1, -0.05) is 11.6 Å². The Balaban J connectivity index is 2.88. The molecule has 1 rings (SSSR count). The van der Waals surface area contributed by atoms with Gasteiger partial charge in [0.2, 0.25) is 0 Å². The molecule has 2 nitrogen and oxygen atoms in total. The Kier molecular flexibility index (Phi) is 2.34. The van der Waals surface area contributed by atoms with E-state index in [1.165, 1.54) is 18.4 Å². The second kappa shape index (κ2) is 2.95. The zero-order chi connectivity index (χ0) is 8.48. The van der Waals surface area contributed by atoms with Crippen molar-refractivity contribution in [2.45, 2.75) is 4.04 Å². The number of hydrogen-bond acceptors (Lipinski definition) is 2. The average Bonchev–Trinajstić information content (AvgIpc) is 2.34. The fourth-order valence-corrected chi connectivity index (χ4v) is 0.836. The monoisotopic (exact) mass is 240 g/mol. The van der Waals surface area contributed by atoms with Gasteiger partial charge in [0.1, 0.15) is 0 Å². The molecule has 0 saturated carbocycles. The third kappa shape index (κ3) is 2.04. The molecule has 0 saturated heterocycles. The smallest absolute Gasteiger partial charge is 0.303 e. The van der Waals surface area contributed by atoms with Gasteiger partial charge in [-0.3, -0.25) is 4.79 Å². The Morgan fingerprint density at radius 1 is 1.82 bits per heavy atom. The van der Waals surface area contributed by atoms with Gasteiger partial charge in [-0.25, -0.2) is 4.39 Å². The highest BCUT2D eigenvalue weighted by Crippen LogP contribution is 2.29. The summed E-state index contributed by atoms with van der Waals surface area (Å²) in [6, 6.07) is 2.81. The third-order valence-electron chi connectivity index (χ3n) is 1.00. The number of furan rings is 1. The molecule has 0 bridgehead atoms. The molecule has 0 fully saturated rings. The number of rotatable bonds is 2. The molecule has 1 aromatic rings. The zero-order valence-electron chi connectivity index (χ0n) is 5.18. The Bertz CT molecular complexity index is 252. The molecule has 0 aromatic carbocycles. The molecule has 1 heterocycles. The number of hydrogen-bond donors (Lipinski definition) is 0. The van der Waals surface area contributed by atoms with E-state index < -0.39 is 9.82 Å². The SMILES string of the molecule is O=C(c1ccco1)C(F)(Cl)Br. The molecule has 60 valence electrons. The minimum Gasteiger partial charge on any atom is -0.461 e. The highest BCUT2D eigenvalue weighted by atomic mass is 79.9. The van der Waals surface area contributed by atoms with E-state index in [2.05, 4.69) is 20.3 Å². The molecule has 0 aliphatic carbocycles. The third-order valence-corrected chi connectivity index (χ3v) is 1.53. The fraction of sp³-hybridized carbons (Fsp3) is 0.167.